The van der Waals surface area contributed by atoms with Crippen molar-refractivity contribution in [2.45, 2.75) is 0 Å². The smallest absolute Gasteiger partial charge is 0.377 e. The van der Waals surface area contributed by atoms with Crippen LogP contribution in [0.15, 0.2) is 24.3 Å². The van der Waals surface area contributed by atoms with Crippen molar-refractivity contribution < 1.29 is 19.5 Å². The summed E-state index contributed by atoms with van der Waals surface area (Å²) in [5.74, 6) is -2.44. The second kappa shape index (κ2) is 4.48. The monoisotopic (exact) mass is 248 g/mol. The molecule has 1 aromatic carbocycles. The number of benzene rings is 1. The first-order chi connectivity index (χ1) is 8.50. The summed E-state index contributed by atoms with van der Waals surface area (Å²) in [5.41, 5.74) is 0.762. The SMILES string of the molecule is CN1CCN(c2ccc(C(=O)C(=O)O)cc2)C1=O. The van der Waals surface area contributed by atoms with Gasteiger partial charge in [-0.1, -0.05) is 0 Å². The van der Waals surface area contributed by atoms with Crippen LogP contribution < -0.4 is 4.90 Å². The Morgan fingerprint density at radius 3 is 2.22 bits per heavy atom. The molecule has 1 aromatic rings. The summed E-state index contributed by atoms with van der Waals surface area (Å²) in [6.07, 6.45) is 0. The second-order valence-electron chi connectivity index (χ2n) is 4.04. The minimum atomic E-state index is -1.49. The summed E-state index contributed by atoms with van der Waals surface area (Å²) in [5, 5.41) is 8.57. The lowest BCUT2D eigenvalue weighted by Crippen LogP contribution is -2.29. The molecular weight excluding hydrogens is 236 g/mol. The number of aliphatic carboxylic acids is 1. The summed E-state index contributed by atoms with van der Waals surface area (Å²) in [6, 6.07) is 5.88. The Morgan fingerprint density at radius 2 is 1.78 bits per heavy atom. The van der Waals surface area contributed by atoms with Crippen molar-refractivity contribution in [3.8, 4) is 0 Å². The van der Waals surface area contributed by atoms with Crippen molar-refractivity contribution in [2.75, 3.05) is 25.0 Å². The van der Waals surface area contributed by atoms with Gasteiger partial charge in [-0.15, -0.1) is 0 Å². The highest BCUT2D eigenvalue weighted by Gasteiger charge is 2.26. The minimum absolute atomic E-state index is 0.103. The molecule has 0 aliphatic carbocycles. The molecule has 1 aliphatic rings. The molecule has 6 nitrogen and oxygen atoms in total. The Labute approximate surface area is 103 Å². The van der Waals surface area contributed by atoms with Crippen LogP contribution in [0.4, 0.5) is 10.5 Å². The maximum atomic E-state index is 11.7. The van der Waals surface area contributed by atoms with Gasteiger partial charge in [0, 0.05) is 31.4 Å². The Kier molecular flexibility index (Phi) is 3.01. The van der Waals surface area contributed by atoms with Gasteiger partial charge in [0.25, 0.3) is 5.78 Å². The lowest BCUT2D eigenvalue weighted by molar-refractivity contribution is -0.131. The number of carboxylic acids is 1. The molecule has 0 atom stereocenters. The predicted octanol–water partition coefficient (Wildman–Crippen LogP) is 0.826. The Bertz CT molecular complexity index is 509. The molecule has 1 N–H and O–H groups in total. The molecule has 0 radical (unpaired) electrons. The fourth-order valence-electron chi connectivity index (χ4n) is 1.80. The third-order valence-electron chi connectivity index (χ3n) is 2.85. The van der Waals surface area contributed by atoms with Crippen molar-refractivity contribution in [3.05, 3.63) is 29.8 Å². The zero-order chi connectivity index (χ0) is 13.3. The van der Waals surface area contributed by atoms with Crippen LogP contribution in [0.5, 0.6) is 0 Å². The van der Waals surface area contributed by atoms with E-state index in [1.807, 2.05) is 0 Å². The number of carboxylic acid groups (broad SMARTS) is 1. The molecule has 2 amide bonds. The fraction of sp³-hybridized carbons (Fsp3) is 0.250. The van der Waals surface area contributed by atoms with E-state index in [-0.39, 0.29) is 11.6 Å². The quantitative estimate of drug-likeness (QED) is 0.634. The zero-order valence-electron chi connectivity index (χ0n) is 9.79. The van der Waals surface area contributed by atoms with E-state index < -0.39 is 11.8 Å². The zero-order valence-corrected chi connectivity index (χ0v) is 9.79. The minimum Gasteiger partial charge on any atom is -0.475 e. The fourth-order valence-corrected chi connectivity index (χ4v) is 1.80. The molecule has 6 heteroatoms. The van der Waals surface area contributed by atoms with Crippen LogP contribution in [0.3, 0.4) is 0 Å². The van der Waals surface area contributed by atoms with Gasteiger partial charge in [0.05, 0.1) is 0 Å². The molecule has 0 spiro atoms. The average molecular weight is 248 g/mol. The third-order valence-corrected chi connectivity index (χ3v) is 2.85. The number of carbonyl (C=O) groups is 3. The summed E-state index contributed by atoms with van der Waals surface area (Å²) < 4.78 is 0. The highest BCUT2D eigenvalue weighted by atomic mass is 16.4. The van der Waals surface area contributed by atoms with E-state index in [0.29, 0.717) is 18.8 Å². The van der Waals surface area contributed by atoms with E-state index in [0.717, 1.165) is 0 Å². The number of ketones is 1. The van der Waals surface area contributed by atoms with E-state index >= 15 is 0 Å². The number of hydrogen-bond donors (Lipinski definition) is 1. The van der Waals surface area contributed by atoms with Gasteiger partial charge in [0.1, 0.15) is 0 Å². The van der Waals surface area contributed by atoms with Gasteiger partial charge in [-0.25, -0.2) is 9.59 Å². The number of carbonyl (C=O) groups excluding carboxylic acids is 2. The lowest BCUT2D eigenvalue weighted by Gasteiger charge is -2.16. The topological polar surface area (TPSA) is 77.9 Å². The van der Waals surface area contributed by atoms with E-state index in [4.69, 9.17) is 5.11 Å². The van der Waals surface area contributed by atoms with Crippen LogP contribution in [0, 0.1) is 0 Å². The first-order valence-corrected chi connectivity index (χ1v) is 5.41. The predicted molar refractivity (Wildman–Crippen MR) is 63.8 cm³/mol. The van der Waals surface area contributed by atoms with Crippen LogP contribution in [0.1, 0.15) is 10.4 Å². The maximum Gasteiger partial charge on any atom is 0.377 e. The molecule has 1 fully saturated rings. The first-order valence-electron chi connectivity index (χ1n) is 5.41. The van der Waals surface area contributed by atoms with Crippen LogP contribution in [0.25, 0.3) is 0 Å². The van der Waals surface area contributed by atoms with E-state index in [9.17, 15) is 14.4 Å². The molecule has 1 saturated heterocycles. The molecule has 0 unspecified atom stereocenters. The largest absolute Gasteiger partial charge is 0.475 e. The van der Waals surface area contributed by atoms with Crippen LogP contribution in [-0.2, 0) is 4.79 Å². The molecule has 1 aliphatic heterocycles. The van der Waals surface area contributed by atoms with Crippen molar-refractivity contribution in [1.29, 1.82) is 0 Å². The summed E-state index contributed by atoms with van der Waals surface area (Å²) in [6.45, 7) is 1.23. The van der Waals surface area contributed by atoms with Crippen molar-refractivity contribution in [1.82, 2.24) is 4.90 Å². The normalized spacial score (nSPS) is 15.1. The number of nitrogens with zero attached hydrogens (tertiary/aromatic N) is 2. The van der Waals surface area contributed by atoms with Gasteiger partial charge < -0.3 is 10.0 Å². The molecule has 0 saturated carbocycles. The molecule has 0 bridgehead atoms. The number of hydrogen-bond acceptors (Lipinski definition) is 3. The number of amides is 2. The van der Waals surface area contributed by atoms with Crippen molar-refractivity contribution in [2.24, 2.45) is 0 Å². The summed E-state index contributed by atoms with van der Waals surface area (Å²) in [4.78, 5) is 36.6. The summed E-state index contributed by atoms with van der Waals surface area (Å²) in [7, 11) is 1.71. The van der Waals surface area contributed by atoms with Crippen molar-refractivity contribution in [3.63, 3.8) is 0 Å². The molecule has 0 aromatic heterocycles. The summed E-state index contributed by atoms with van der Waals surface area (Å²) >= 11 is 0. The molecular formula is C12H12N2O4. The highest BCUT2D eigenvalue weighted by Crippen LogP contribution is 2.20. The standard InChI is InChI=1S/C12H12N2O4/c1-13-6-7-14(12(13)18)9-4-2-8(3-5-9)10(15)11(16)17/h2-5H,6-7H2,1H3,(H,16,17). The molecule has 94 valence electrons. The van der Waals surface area contributed by atoms with E-state index in [2.05, 4.69) is 0 Å². The average Bonchev–Trinajstić information content (AvgIpc) is 2.69. The Morgan fingerprint density at radius 1 is 1.17 bits per heavy atom. The van der Waals surface area contributed by atoms with E-state index in [1.54, 1.807) is 29.0 Å². The lowest BCUT2D eigenvalue weighted by atomic mass is 10.1. The van der Waals surface area contributed by atoms with Gasteiger partial charge in [-0.2, -0.15) is 0 Å². The van der Waals surface area contributed by atoms with Crippen LogP contribution >= 0.6 is 0 Å². The van der Waals surface area contributed by atoms with Gasteiger partial charge in [-0.3, -0.25) is 9.69 Å². The maximum absolute atomic E-state index is 11.7. The number of Topliss-reactive ketones (excluding diaryl/α,β-unsaturated/α-hetero) is 1. The number of anilines is 1. The highest BCUT2D eigenvalue weighted by molar-refractivity contribution is 6.39. The first kappa shape index (κ1) is 12.1. The number of rotatable bonds is 3. The second-order valence-corrected chi connectivity index (χ2v) is 4.04. The molecule has 18 heavy (non-hydrogen) atoms. The number of likely N-dealkylation sites (N-methyl/N-ethyl adjacent to an activating group) is 1. The third kappa shape index (κ3) is 2.04. The van der Waals surface area contributed by atoms with Crippen molar-refractivity contribution >= 4 is 23.5 Å². The van der Waals surface area contributed by atoms with Gasteiger partial charge in [0.15, 0.2) is 0 Å². The molecule has 2 rings (SSSR count). The van der Waals surface area contributed by atoms with Crippen LogP contribution in [-0.4, -0.2) is 47.9 Å². The van der Waals surface area contributed by atoms with E-state index in [1.165, 1.54) is 12.1 Å². The van der Waals surface area contributed by atoms with Gasteiger partial charge in [0.2, 0.25) is 0 Å². The Balaban J connectivity index is 2.21. The number of urea groups is 1. The molecule has 1 heterocycles. The van der Waals surface area contributed by atoms with Crippen LogP contribution in [0.2, 0.25) is 0 Å². The van der Waals surface area contributed by atoms with Gasteiger partial charge >= 0.3 is 12.0 Å². The Hall–Kier alpha value is -2.37. The van der Waals surface area contributed by atoms with Gasteiger partial charge in [-0.05, 0) is 24.3 Å².